The third kappa shape index (κ3) is 4.90. The molecule has 4 heterocycles. The molecule has 0 radical (unpaired) electrons. The van der Waals surface area contributed by atoms with Crippen molar-refractivity contribution < 1.29 is 22.4 Å². The largest absolute Gasteiger partial charge is 0.381 e. The zero-order valence-electron chi connectivity index (χ0n) is 17.3. The Hall–Kier alpha value is -1.82. The molecule has 2 aliphatic rings. The lowest BCUT2D eigenvalue weighted by atomic mass is 10.0. The molecule has 2 saturated heterocycles. The van der Waals surface area contributed by atoms with E-state index in [0.717, 1.165) is 32.7 Å². The van der Waals surface area contributed by atoms with Crippen LogP contribution in [0.3, 0.4) is 0 Å². The zero-order chi connectivity index (χ0) is 21.0. The van der Waals surface area contributed by atoms with Gasteiger partial charge in [-0.1, -0.05) is 5.16 Å². The number of hydrogen-bond donors (Lipinski definition) is 0. The lowest BCUT2D eigenvalue weighted by molar-refractivity contribution is 0.0211. The molecular formula is C19H29N5O5S. The van der Waals surface area contributed by atoms with E-state index in [-0.39, 0.29) is 10.8 Å². The highest BCUT2D eigenvalue weighted by atomic mass is 32.2. The Balaban J connectivity index is 1.27. The highest BCUT2D eigenvalue weighted by Gasteiger charge is 2.36. The summed E-state index contributed by atoms with van der Waals surface area (Å²) in [6, 6.07) is 0. The van der Waals surface area contributed by atoms with Crippen molar-refractivity contribution in [3.05, 3.63) is 24.1 Å². The van der Waals surface area contributed by atoms with Gasteiger partial charge in [0.2, 0.25) is 15.9 Å². The lowest BCUT2D eigenvalue weighted by Gasteiger charge is -2.21. The van der Waals surface area contributed by atoms with Gasteiger partial charge in [0, 0.05) is 52.1 Å². The Morgan fingerprint density at radius 1 is 1.27 bits per heavy atom. The van der Waals surface area contributed by atoms with Crippen LogP contribution < -0.4 is 0 Å². The predicted octanol–water partition coefficient (Wildman–Crippen LogP) is 1.45. The molecule has 166 valence electrons. The first kappa shape index (κ1) is 21.4. The molecule has 0 spiro atoms. The maximum Gasteiger partial charge on any atom is 0.246 e. The summed E-state index contributed by atoms with van der Waals surface area (Å²) < 4.78 is 45.3. The van der Waals surface area contributed by atoms with E-state index in [1.807, 2.05) is 6.92 Å². The predicted molar refractivity (Wildman–Crippen MR) is 106 cm³/mol. The highest BCUT2D eigenvalue weighted by Crippen LogP contribution is 2.30. The van der Waals surface area contributed by atoms with Gasteiger partial charge in [0.15, 0.2) is 5.82 Å². The fourth-order valence-corrected chi connectivity index (χ4v) is 5.26. The van der Waals surface area contributed by atoms with Crippen LogP contribution in [0, 0.1) is 5.92 Å². The average Bonchev–Trinajstić information content (AvgIpc) is 3.52. The van der Waals surface area contributed by atoms with Gasteiger partial charge < -0.3 is 14.0 Å². The summed E-state index contributed by atoms with van der Waals surface area (Å²) in [5, 5.41) is 8.11. The van der Waals surface area contributed by atoms with Crippen LogP contribution in [0.5, 0.6) is 0 Å². The fourth-order valence-electron chi connectivity index (χ4n) is 3.81. The second-order valence-electron chi connectivity index (χ2n) is 7.81. The van der Waals surface area contributed by atoms with Crippen molar-refractivity contribution in [3.8, 4) is 0 Å². The number of ether oxygens (including phenoxy) is 2. The number of sulfonamides is 1. The zero-order valence-corrected chi connectivity index (χ0v) is 18.1. The number of aromatic nitrogens is 4. The van der Waals surface area contributed by atoms with Gasteiger partial charge in [-0.15, -0.1) is 0 Å². The molecule has 0 saturated carbocycles. The Bertz CT molecular complexity index is 921. The molecular weight excluding hydrogens is 410 g/mol. The molecule has 30 heavy (non-hydrogen) atoms. The number of hydrogen-bond acceptors (Lipinski definition) is 8. The molecule has 2 fully saturated rings. The molecule has 0 bridgehead atoms. The van der Waals surface area contributed by atoms with Crippen LogP contribution in [-0.4, -0.2) is 72.2 Å². The second kappa shape index (κ2) is 9.54. The minimum absolute atomic E-state index is 0.0922. The van der Waals surface area contributed by atoms with Crippen LogP contribution in [0.15, 0.2) is 21.8 Å². The normalized spacial score (nSPS) is 21.4. The first-order valence-electron chi connectivity index (χ1n) is 10.6. The molecule has 2 aliphatic heterocycles. The molecule has 1 atom stereocenters. The van der Waals surface area contributed by atoms with Gasteiger partial charge in [0.25, 0.3) is 0 Å². The van der Waals surface area contributed by atoms with Gasteiger partial charge in [-0.05, 0) is 32.1 Å². The van der Waals surface area contributed by atoms with Crippen LogP contribution in [0.2, 0.25) is 0 Å². The molecule has 0 amide bonds. The molecule has 2 aromatic rings. The van der Waals surface area contributed by atoms with Gasteiger partial charge >= 0.3 is 0 Å². The summed E-state index contributed by atoms with van der Waals surface area (Å²) in [6.45, 7) is 6.22. The fraction of sp³-hybridized carbons (Fsp3) is 0.737. The first-order valence-corrected chi connectivity index (χ1v) is 12.0. The highest BCUT2D eigenvalue weighted by molar-refractivity contribution is 7.89. The Morgan fingerprint density at radius 2 is 2.10 bits per heavy atom. The van der Waals surface area contributed by atoms with Crippen molar-refractivity contribution in [2.75, 3.05) is 39.5 Å². The number of aryl methyl sites for hydroxylation is 1. The smallest absolute Gasteiger partial charge is 0.246 e. The molecule has 1 unspecified atom stereocenters. The van der Waals surface area contributed by atoms with Gasteiger partial charge in [0.05, 0.1) is 18.7 Å². The quantitative estimate of drug-likeness (QED) is 0.540. The molecule has 11 heteroatoms. The van der Waals surface area contributed by atoms with Crippen molar-refractivity contribution >= 4 is 10.0 Å². The molecule has 10 nitrogen and oxygen atoms in total. The lowest BCUT2D eigenvalue weighted by Crippen LogP contribution is -2.28. The van der Waals surface area contributed by atoms with Gasteiger partial charge in [-0.3, -0.25) is 4.68 Å². The molecule has 0 aromatic carbocycles. The standard InChI is InChI=1S/C19H29N5O5S/c1-2-23-13-17(11-20-23)30(25,26)24-7-3-16(12-24)19-21-18(22-29-19)6-10-28-14-15-4-8-27-9-5-15/h11,13,15-16H,2-10,12,14H2,1H3. The van der Waals surface area contributed by atoms with Crippen LogP contribution in [0.25, 0.3) is 0 Å². The Labute approximate surface area is 176 Å². The second-order valence-corrected chi connectivity index (χ2v) is 9.75. The van der Waals surface area contributed by atoms with Gasteiger partial charge in [-0.25, -0.2) is 8.42 Å². The summed E-state index contributed by atoms with van der Waals surface area (Å²) in [6.07, 6.45) is 6.30. The summed E-state index contributed by atoms with van der Waals surface area (Å²) in [5.41, 5.74) is 0. The summed E-state index contributed by atoms with van der Waals surface area (Å²) in [5.74, 6) is 1.57. The SMILES string of the molecule is CCn1cc(S(=O)(=O)N2CCC(c3nc(CCOCC4CCOCC4)no3)C2)cn1. The minimum Gasteiger partial charge on any atom is -0.381 e. The monoisotopic (exact) mass is 439 g/mol. The van der Waals surface area contributed by atoms with Gasteiger partial charge in [0.1, 0.15) is 4.90 Å². The maximum absolute atomic E-state index is 12.8. The van der Waals surface area contributed by atoms with E-state index in [9.17, 15) is 8.42 Å². The van der Waals surface area contributed by atoms with E-state index in [0.29, 0.717) is 56.7 Å². The van der Waals surface area contributed by atoms with E-state index in [1.54, 1.807) is 10.9 Å². The van der Waals surface area contributed by atoms with Crippen LogP contribution in [0.4, 0.5) is 0 Å². The van der Waals surface area contributed by atoms with E-state index in [1.165, 1.54) is 10.5 Å². The summed E-state index contributed by atoms with van der Waals surface area (Å²) in [7, 11) is -3.56. The number of rotatable bonds is 9. The summed E-state index contributed by atoms with van der Waals surface area (Å²) >= 11 is 0. The molecule has 2 aromatic heterocycles. The minimum atomic E-state index is -3.56. The molecule has 0 aliphatic carbocycles. The van der Waals surface area contributed by atoms with Gasteiger partial charge in [-0.2, -0.15) is 14.4 Å². The number of nitrogens with zero attached hydrogens (tertiary/aromatic N) is 5. The van der Waals surface area contributed by atoms with E-state index < -0.39 is 10.0 Å². The van der Waals surface area contributed by atoms with Crippen molar-refractivity contribution in [2.24, 2.45) is 5.92 Å². The molecule has 0 N–H and O–H groups in total. The van der Waals surface area contributed by atoms with Crippen LogP contribution in [0.1, 0.15) is 43.8 Å². The van der Waals surface area contributed by atoms with Crippen molar-refractivity contribution in [1.82, 2.24) is 24.2 Å². The van der Waals surface area contributed by atoms with Crippen molar-refractivity contribution in [3.63, 3.8) is 0 Å². The van der Waals surface area contributed by atoms with Crippen LogP contribution in [-0.2, 0) is 32.5 Å². The van der Waals surface area contributed by atoms with E-state index in [2.05, 4.69) is 15.2 Å². The third-order valence-corrected chi connectivity index (χ3v) is 7.54. The third-order valence-electron chi connectivity index (χ3n) is 5.72. The average molecular weight is 440 g/mol. The molecule has 4 rings (SSSR count). The Kier molecular flexibility index (Phi) is 6.81. The topological polar surface area (TPSA) is 113 Å². The van der Waals surface area contributed by atoms with E-state index in [4.69, 9.17) is 14.0 Å². The summed E-state index contributed by atoms with van der Waals surface area (Å²) in [4.78, 5) is 4.69. The van der Waals surface area contributed by atoms with Crippen molar-refractivity contribution in [2.45, 2.75) is 50.0 Å². The Morgan fingerprint density at radius 3 is 2.87 bits per heavy atom. The first-order chi connectivity index (χ1) is 14.6. The van der Waals surface area contributed by atoms with E-state index >= 15 is 0 Å². The van der Waals surface area contributed by atoms with Crippen molar-refractivity contribution in [1.29, 1.82) is 0 Å². The van der Waals surface area contributed by atoms with Crippen LogP contribution >= 0.6 is 0 Å². The maximum atomic E-state index is 12.8.